The Morgan fingerprint density at radius 1 is 0.788 bits per heavy atom. The van der Waals surface area contributed by atoms with Crippen LogP contribution < -0.4 is 5.32 Å². The van der Waals surface area contributed by atoms with Gasteiger partial charge in [-0.05, 0) is 47.5 Å². The summed E-state index contributed by atoms with van der Waals surface area (Å²) in [5.74, 6) is -1.08. The topological polar surface area (TPSA) is 137 Å². The zero-order chi connectivity index (χ0) is 26.1. The second-order valence-corrected chi connectivity index (χ2v) is 8.45. The van der Waals surface area contributed by atoms with Gasteiger partial charge in [-0.3, -0.25) is 9.59 Å². The quantitative estimate of drug-likeness (QED) is 0.178. The first-order chi connectivity index (χ1) is 15.2. The fourth-order valence-corrected chi connectivity index (χ4v) is 1.56. The fourth-order valence-electron chi connectivity index (χ4n) is 1.56. The smallest absolute Gasteiger partial charge is 0.407 e. The summed E-state index contributed by atoms with van der Waals surface area (Å²) in [5.41, 5.74) is -0.677. The van der Waals surface area contributed by atoms with Crippen LogP contribution in [0.5, 0.6) is 0 Å². The van der Waals surface area contributed by atoms with Crippen LogP contribution in [0, 0.1) is 10.8 Å². The van der Waals surface area contributed by atoms with Gasteiger partial charge in [0.25, 0.3) is 0 Å². The molecule has 0 unspecified atom stereocenters. The van der Waals surface area contributed by atoms with Crippen molar-refractivity contribution in [3.05, 3.63) is 12.2 Å². The second-order valence-electron chi connectivity index (χ2n) is 8.45. The molecule has 2 N–H and O–H groups in total. The molecule has 0 spiro atoms. The zero-order valence-electron chi connectivity index (χ0n) is 21.1. The minimum absolute atomic E-state index is 0.000325. The van der Waals surface area contributed by atoms with Crippen molar-refractivity contribution >= 4 is 24.0 Å². The Morgan fingerprint density at radius 2 is 1.24 bits per heavy atom. The summed E-state index contributed by atoms with van der Waals surface area (Å²) in [7, 11) is 0. The van der Waals surface area contributed by atoms with E-state index in [4.69, 9.17) is 24.1 Å². The molecule has 1 amide bonds. The number of nitrogens with one attached hydrogen (secondary N) is 1. The van der Waals surface area contributed by atoms with E-state index in [1.807, 2.05) is 27.7 Å². The molecule has 0 atom stereocenters. The van der Waals surface area contributed by atoms with Crippen LogP contribution in [0.2, 0.25) is 0 Å². The minimum atomic E-state index is -0.669. The monoisotopic (exact) mass is 475 g/mol. The van der Waals surface area contributed by atoms with Crippen molar-refractivity contribution in [1.29, 1.82) is 0 Å². The summed E-state index contributed by atoms with van der Waals surface area (Å²) in [4.78, 5) is 45.1. The van der Waals surface area contributed by atoms with E-state index in [1.165, 1.54) is 6.92 Å². The molecule has 0 fully saturated rings. The number of amides is 1. The lowest BCUT2D eigenvalue weighted by Crippen LogP contribution is -2.31. The number of alkyl carbamates (subject to hydrolysis) is 1. The number of carbonyl (C=O) groups is 4. The van der Waals surface area contributed by atoms with Crippen LogP contribution in [-0.2, 0) is 33.3 Å². The van der Waals surface area contributed by atoms with Gasteiger partial charge in [0.1, 0.15) is 26.4 Å². The molecule has 0 aliphatic heterocycles. The number of aliphatic hydroxyl groups excluding tert-OH is 1. The molecule has 0 radical (unpaired) electrons. The normalized spacial score (nSPS) is 10.8. The Balaban J connectivity index is 0. The maximum atomic E-state index is 11.6. The Kier molecular flexibility index (Phi) is 16.7. The number of carbonyl (C=O) groups excluding carboxylic acids is 4. The first-order valence-electron chi connectivity index (χ1n) is 10.9. The van der Waals surface area contributed by atoms with Crippen LogP contribution in [0.4, 0.5) is 4.79 Å². The van der Waals surface area contributed by atoms with Crippen molar-refractivity contribution < 1.29 is 43.2 Å². The first kappa shape index (κ1) is 32.6. The number of rotatable bonds is 13. The summed E-state index contributed by atoms with van der Waals surface area (Å²) in [6, 6.07) is 0. The van der Waals surface area contributed by atoms with E-state index < -0.39 is 22.9 Å². The summed E-state index contributed by atoms with van der Waals surface area (Å²) in [6.45, 7) is 16.1. The molecule has 0 bridgehead atoms. The van der Waals surface area contributed by atoms with Crippen LogP contribution in [0.15, 0.2) is 12.2 Å². The number of hydrogen-bond acceptors (Lipinski definition) is 9. The van der Waals surface area contributed by atoms with Gasteiger partial charge in [-0.25, -0.2) is 9.59 Å². The van der Waals surface area contributed by atoms with Crippen molar-refractivity contribution in [2.24, 2.45) is 10.8 Å². The molecule has 192 valence electrons. The molecule has 0 aliphatic rings. The SMILES string of the molecule is C=C(C)C(=O)OCCNC(=O)OCCOC(=O)C(C)(C)CC.CCC(C)(C)C(=O)OCCO. The molecular weight excluding hydrogens is 434 g/mol. The van der Waals surface area contributed by atoms with E-state index in [2.05, 4.69) is 11.9 Å². The third-order valence-electron chi connectivity index (χ3n) is 4.70. The molecular formula is C23H41NO9. The Bertz CT molecular complexity index is 642. The molecule has 0 aliphatic carbocycles. The highest BCUT2D eigenvalue weighted by Crippen LogP contribution is 2.21. The lowest BCUT2D eigenvalue weighted by Gasteiger charge is -2.20. The predicted molar refractivity (Wildman–Crippen MR) is 122 cm³/mol. The number of ether oxygens (including phenoxy) is 4. The van der Waals surface area contributed by atoms with E-state index in [-0.39, 0.29) is 51.5 Å². The fraction of sp³-hybridized carbons (Fsp3) is 0.739. The highest BCUT2D eigenvalue weighted by atomic mass is 16.6. The van der Waals surface area contributed by atoms with Crippen LogP contribution in [0.25, 0.3) is 0 Å². The first-order valence-corrected chi connectivity index (χ1v) is 10.9. The molecule has 0 rings (SSSR count). The molecule has 0 aromatic carbocycles. The molecule has 0 aromatic heterocycles. The summed E-state index contributed by atoms with van der Waals surface area (Å²) in [6.07, 6.45) is 0.741. The molecule has 33 heavy (non-hydrogen) atoms. The molecule has 10 nitrogen and oxygen atoms in total. The average Bonchev–Trinajstić information content (AvgIpc) is 2.77. The van der Waals surface area contributed by atoms with Crippen molar-refractivity contribution in [2.45, 2.75) is 61.3 Å². The maximum Gasteiger partial charge on any atom is 0.407 e. The number of esters is 3. The molecule has 0 aromatic rings. The lowest BCUT2D eigenvalue weighted by molar-refractivity contribution is -0.155. The van der Waals surface area contributed by atoms with Gasteiger partial charge in [-0.15, -0.1) is 0 Å². The van der Waals surface area contributed by atoms with Crippen LogP contribution in [0.1, 0.15) is 61.3 Å². The Morgan fingerprint density at radius 3 is 1.67 bits per heavy atom. The number of aliphatic hydroxyl groups is 1. The van der Waals surface area contributed by atoms with Gasteiger partial charge < -0.3 is 29.4 Å². The Labute approximate surface area is 197 Å². The molecule has 0 saturated heterocycles. The largest absolute Gasteiger partial charge is 0.463 e. The molecule has 0 saturated carbocycles. The second kappa shape index (κ2) is 16.9. The van der Waals surface area contributed by atoms with Crippen molar-refractivity contribution in [3.63, 3.8) is 0 Å². The Hall–Kier alpha value is -2.62. The summed E-state index contributed by atoms with van der Waals surface area (Å²) in [5, 5.41) is 10.8. The van der Waals surface area contributed by atoms with Crippen molar-refractivity contribution in [1.82, 2.24) is 5.32 Å². The van der Waals surface area contributed by atoms with Gasteiger partial charge in [0.05, 0.1) is 24.0 Å². The lowest BCUT2D eigenvalue weighted by atomic mass is 9.91. The highest BCUT2D eigenvalue weighted by Gasteiger charge is 2.27. The predicted octanol–water partition coefficient (Wildman–Crippen LogP) is 2.77. The van der Waals surface area contributed by atoms with Gasteiger partial charge >= 0.3 is 24.0 Å². The van der Waals surface area contributed by atoms with Crippen molar-refractivity contribution in [3.8, 4) is 0 Å². The van der Waals surface area contributed by atoms with Gasteiger partial charge in [-0.2, -0.15) is 0 Å². The third kappa shape index (κ3) is 15.8. The average molecular weight is 476 g/mol. The highest BCUT2D eigenvalue weighted by molar-refractivity contribution is 5.86. The third-order valence-corrected chi connectivity index (χ3v) is 4.70. The van der Waals surface area contributed by atoms with Gasteiger partial charge in [0.15, 0.2) is 0 Å². The molecule has 10 heteroatoms. The minimum Gasteiger partial charge on any atom is -0.463 e. The van der Waals surface area contributed by atoms with Gasteiger partial charge in [0, 0.05) is 5.57 Å². The van der Waals surface area contributed by atoms with E-state index in [0.29, 0.717) is 12.0 Å². The van der Waals surface area contributed by atoms with Gasteiger partial charge in [0.2, 0.25) is 0 Å². The van der Waals surface area contributed by atoms with E-state index in [0.717, 1.165) is 6.42 Å². The summed E-state index contributed by atoms with van der Waals surface area (Å²) < 4.78 is 19.4. The van der Waals surface area contributed by atoms with E-state index in [9.17, 15) is 19.2 Å². The zero-order valence-corrected chi connectivity index (χ0v) is 21.1. The molecule has 0 heterocycles. The standard InChI is InChI=1S/C15H25NO6.C8H16O3/c1-6-15(4,5)13(18)21-9-10-22-14(19)16-7-8-20-12(17)11(2)3;1-4-8(2,3)7(10)11-6-5-9/h2,6-10H2,1,3-5H3,(H,16,19);9H,4-6H2,1-3H3. The van der Waals surface area contributed by atoms with E-state index >= 15 is 0 Å². The van der Waals surface area contributed by atoms with Gasteiger partial charge in [-0.1, -0.05) is 20.4 Å². The van der Waals surface area contributed by atoms with Crippen LogP contribution in [0.3, 0.4) is 0 Å². The van der Waals surface area contributed by atoms with Crippen molar-refractivity contribution in [2.75, 3.05) is 39.6 Å². The maximum absolute atomic E-state index is 11.6. The van der Waals surface area contributed by atoms with Crippen LogP contribution in [-0.4, -0.2) is 68.7 Å². The van der Waals surface area contributed by atoms with E-state index in [1.54, 1.807) is 13.8 Å². The summed E-state index contributed by atoms with van der Waals surface area (Å²) >= 11 is 0. The number of hydrogen-bond donors (Lipinski definition) is 2. The van der Waals surface area contributed by atoms with Crippen LogP contribution >= 0.6 is 0 Å².